The van der Waals surface area contributed by atoms with E-state index < -0.39 is 0 Å². The minimum atomic E-state index is 0.468. The largest absolute Gasteiger partial charge is 0.488 e. The van der Waals surface area contributed by atoms with Crippen LogP contribution in [0, 0.1) is 6.92 Å². The van der Waals surface area contributed by atoms with Crippen molar-refractivity contribution in [1.82, 2.24) is 0 Å². The van der Waals surface area contributed by atoms with Crippen LogP contribution in [0.2, 0.25) is 5.02 Å². The summed E-state index contributed by atoms with van der Waals surface area (Å²) in [5, 5.41) is 0.713. The van der Waals surface area contributed by atoms with E-state index in [0.29, 0.717) is 11.6 Å². The molecular weight excluding hydrogens is 318 g/mol. The minimum absolute atomic E-state index is 0.468. The molecule has 0 atom stereocenters. The van der Waals surface area contributed by atoms with Crippen LogP contribution < -0.4 is 4.74 Å². The van der Waals surface area contributed by atoms with Crippen molar-refractivity contribution in [3.05, 3.63) is 94.5 Å². The highest BCUT2D eigenvalue weighted by molar-refractivity contribution is 6.30. The number of aryl methyl sites for hydroxylation is 1. The predicted molar refractivity (Wildman–Crippen MR) is 101 cm³/mol. The van der Waals surface area contributed by atoms with Crippen LogP contribution in [0.3, 0.4) is 0 Å². The van der Waals surface area contributed by atoms with E-state index in [-0.39, 0.29) is 0 Å². The van der Waals surface area contributed by atoms with E-state index in [9.17, 15) is 0 Å². The molecule has 0 aliphatic carbocycles. The number of aliphatic imine (C=N–C) groups is 1. The Morgan fingerprint density at radius 1 is 0.958 bits per heavy atom. The first-order valence-electron chi connectivity index (χ1n) is 7.78. The highest BCUT2D eigenvalue weighted by Crippen LogP contribution is 2.20. The number of para-hydroxylation sites is 1. The van der Waals surface area contributed by atoms with Gasteiger partial charge in [-0.25, -0.2) is 0 Å². The van der Waals surface area contributed by atoms with Crippen molar-refractivity contribution >= 4 is 23.5 Å². The molecule has 0 spiro atoms. The molecule has 0 aliphatic rings. The summed E-state index contributed by atoms with van der Waals surface area (Å²) in [5.41, 5.74) is 4.12. The van der Waals surface area contributed by atoms with Gasteiger partial charge in [-0.15, -0.1) is 0 Å². The average molecular weight is 336 g/mol. The van der Waals surface area contributed by atoms with Crippen LogP contribution in [0.1, 0.15) is 16.7 Å². The number of rotatable bonds is 5. The molecule has 24 heavy (non-hydrogen) atoms. The molecule has 120 valence electrons. The van der Waals surface area contributed by atoms with Crippen molar-refractivity contribution in [3.8, 4) is 5.75 Å². The third-order valence-electron chi connectivity index (χ3n) is 3.59. The van der Waals surface area contributed by atoms with Gasteiger partial charge in [0.05, 0.1) is 5.69 Å². The van der Waals surface area contributed by atoms with Gasteiger partial charge < -0.3 is 4.74 Å². The van der Waals surface area contributed by atoms with Gasteiger partial charge in [0.2, 0.25) is 0 Å². The maximum Gasteiger partial charge on any atom is 0.128 e. The first-order chi connectivity index (χ1) is 11.7. The lowest BCUT2D eigenvalue weighted by atomic mass is 10.2. The fraction of sp³-hybridized carbons (Fsp3) is 0.0952. The Hall–Kier alpha value is -2.58. The van der Waals surface area contributed by atoms with Gasteiger partial charge in [0.25, 0.3) is 0 Å². The van der Waals surface area contributed by atoms with Gasteiger partial charge >= 0.3 is 0 Å². The molecule has 3 aromatic rings. The molecule has 0 aliphatic heterocycles. The highest BCUT2D eigenvalue weighted by atomic mass is 35.5. The van der Waals surface area contributed by atoms with E-state index in [1.165, 1.54) is 5.56 Å². The van der Waals surface area contributed by atoms with Gasteiger partial charge in [-0.05, 0) is 48.9 Å². The third-order valence-corrected chi connectivity index (χ3v) is 3.82. The van der Waals surface area contributed by atoms with E-state index in [1.54, 1.807) is 0 Å². The Morgan fingerprint density at radius 3 is 2.54 bits per heavy atom. The summed E-state index contributed by atoms with van der Waals surface area (Å²) in [6.45, 7) is 2.53. The molecule has 3 rings (SSSR count). The molecule has 0 heterocycles. The third kappa shape index (κ3) is 4.46. The Bertz CT molecular complexity index is 840. The Balaban J connectivity index is 1.74. The van der Waals surface area contributed by atoms with Crippen LogP contribution in [0.25, 0.3) is 0 Å². The summed E-state index contributed by atoms with van der Waals surface area (Å²) in [6, 6.07) is 23.6. The summed E-state index contributed by atoms with van der Waals surface area (Å²) >= 11 is 6.01. The van der Waals surface area contributed by atoms with Gasteiger partial charge in [-0.2, -0.15) is 0 Å². The molecule has 0 aromatic heterocycles. The van der Waals surface area contributed by atoms with Gasteiger partial charge in [0.1, 0.15) is 12.4 Å². The second-order valence-corrected chi connectivity index (χ2v) is 5.99. The molecule has 0 amide bonds. The van der Waals surface area contributed by atoms with Gasteiger partial charge in [-0.3, -0.25) is 4.99 Å². The van der Waals surface area contributed by atoms with Crippen molar-refractivity contribution in [2.75, 3.05) is 0 Å². The standard InChI is InChI=1S/C21H18ClNO/c1-16-9-11-20(12-10-16)23-14-18-6-2-3-8-21(18)24-15-17-5-4-7-19(22)13-17/h2-14H,15H2,1H3. The SMILES string of the molecule is Cc1ccc(N=Cc2ccccc2OCc2cccc(Cl)c2)cc1. The number of hydrogen-bond acceptors (Lipinski definition) is 2. The number of benzene rings is 3. The summed E-state index contributed by atoms with van der Waals surface area (Å²) in [6.07, 6.45) is 1.83. The van der Waals surface area contributed by atoms with E-state index in [1.807, 2.05) is 79.0 Å². The molecule has 2 nitrogen and oxygen atoms in total. The quantitative estimate of drug-likeness (QED) is 0.526. The van der Waals surface area contributed by atoms with Crippen LogP contribution in [-0.4, -0.2) is 6.21 Å². The lowest BCUT2D eigenvalue weighted by Gasteiger charge is -2.09. The Morgan fingerprint density at radius 2 is 1.75 bits per heavy atom. The minimum Gasteiger partial charge on any atom is -0.488 e. The summed E-state index contributed by atoms with van der Waals surface area (Å²) in [4.78, 5) is 4.52. The van der Waals surface area contributed by atoms with Crippen molar-refractivity contribution in [1.29, 1.82) is 0 Å². The first-order valence-corrected chi connectivity index (χ1v) is 8.15. The second-order valence-electron chi connectivity index (χ2n) is 5.55. The second kappa shape index (κ2) is 7.80. The normalized spacial score (nSPS) is 10.9. The number of nitrogens with zero attached hydrogens (tertiary/aromatic N) is 1. The van der Waals surface area contributed by atoms with E-state index >= 15 is 0 Å². The zero-order chi connectivity index (χ0) is 16.8. The van der Waals surface area contributed by atoms with Crippen molar-refractivity contribution in [2.45, 2.75) is 13.5 Å². The van der Waals surface area contributed by atoms with Crippen LogP contribution in [0.15, 0.2) is 77.8 Å². The maximum atomic E-state index is 6.01. The molecule has 0 fully saturated rings. The van der Waals surface area contributed by atoms with Gasteiger partial charge in [-0.1, -0.05) is 53.6 Å². The molecule has 0 bridgehead atoms. The average Bonchev–Trinajstić information content (AvgIpc) is 2.60. The Labute approximate surface area is 147 Å². The van der Waals surface area contributed by atoms with E-state index in [2.05, 4.69) is 11.9 Å². The van der Waals surface area contributed by atoms with Gasteiger partial charge in [0.15, 0.2) is 0 Å². The van der Waals surface area contributed by atoms with Crippen LogP contribution in [0.4, 0.5) is 5.69 Å². The molecule has 0 saturated carbocycles. The monoisotopic (exact) mass is 335 g/mol. The fourth-order valence-corrected chi connectivity index (χ4v) is 2.49. The zero-order valence-electron chi connectivity index (χ0n) is 13.4. The zero-order valence-corrected chi connectivity index (χ0v) is 14.2. The number of halogens is 1. The Kier molecular flexibility index (Phi) is 5.29. The van der Waals surface area contributed by atoms with Crippen molar-refractivity contribution in [2.24, 2.45) is 4.99 Å². The lowest BCUT2D eigenvalue weighted by Crippen LogP contribution is -1.98. The number of hydrogen-bond donors (Lipinski definition) is 0. The lowest BCUT2D eigenvalue weighted by molar-refractivity contribution is 0.306. The van der Waals surface area contributed by atoms with Crippen molar-refractivity contribution < 1.29 is 4.74 Å². The molecular formula is C21H18ClNO. The maximum absolute atomic E-state index is 6.01. The molecule has 0 radical (unpaired) electrons. The number of ether oxygens (including phenoxy) is 1. The van der Waals surface area contributed by atoms with Crippen LogP contribution >= 0.6 is 11.6 Å². The first kappa shape index (κ1) is 16.3. The van der Waals surface area contributed by atoms with Gasteiger partial charge in [0, 0.05) is 16.8 Å². The van der Waals surface area contributed by atoms with E-state index in [4.69, 9.17) is 16.3 Å². The van der Waals surface area contributed by atoms with Crippen molar-refractivity contribution in [3.63, 3.8) is 0 Å². The summed E-state index contributed by atoms with van der Waals surface area (Å²) in [5.74, 6) is 0.799. The predicted octanol–water partition coefficient (Wildman–Crippen LogP) is 5.98. The van der Waals surface area contributed by atoms with Crippen LogP contribution in [-0.2, 0) is 6.61 Å². The summed E-state index contributed by atoms with van der Waals surface area (Å²) in [7, 11) is 0. The molecule has 0 saturated heterocycles. The fourth-order valence-electron chi connectivity index (χ4n) is 2.28. The summed E-state index contributed by atoms with van der Waals surface area (Å²) < 4.78 is 5.94. The van der Waals surface area contributed by atoms with E-state index in [0.717, 1.165) is 22.6 Å². The topological polar surface area (TPSA) is 21.6 Å². The molecule has 3 heteroatoms. The smallest absolute Gasteiger partial charge is 0.128 e. The molecule has 0 unspecified atom stereocenters. The van der Waals surface area contributed by atoms with Crippen LogP contribution in [0.5, 0.6) is 5.75 Å². The highest BCUT2D eigenvalue weighted by Gasteiger charge is 2.02. The molecule has 0 N–H and O–H groups in total. The molecule has 3 aromatic carbocycles.